The highest BCUT2D eigenvalue weighted by molar-refractivity contribution is 5.74. The van der Waals surface area contributed by atoms with Crippen molar-refractivity contribution in [3.63, 3.8) is 0 Å². The zero-order valence-corrected chi connectivity index (χ0v) is 13.0. The Hall–Kier alpha value is -1.66. The van der Waals surface area contributed by atoms with E-state index in [1.54, 1.807) is 17.0 Å². The van der Waals surface area contributed by atoms with Crippen LogP contribution in [-0.4, -0.2) is 60.3 Å². The number of urea groups is 1. The van der Waals surface area contributed by atoms with Crippen molar-refractivity contribution in [2.24, 2.45) is 0 Å². The smallest absolute Gasteiger partial charge is 0.317 e. The van der Waals surface area contributed by atoms with Gasteiger partial charge in [-0.2, -0.15) is 0 Å². The number of aliphatic hydroxyl groups is 1. The minimum Gasteiger partial charge on any atom is -0.394 e. The molecule has 1 aromatic carbocycles. The number of likely N-dealkylation sites (tertiary alicyclic amines) is 1. The molecule has 0 aromatic heterocycles. The molecule has 2 amide bonds. The van der Waals surface area contributed by atoms with Crippen molar-refractivity contribution in [2.45, 2.75) is 25.4 Å². The molecule has 0 bridgehead atoms. The molecule has 2 N–H and O–H groups in total. The normalized spacial score (nSPS) is 18.0. The largest absolute Gasteiger partial charge is 0.394 e. The summed E-state index contributed by atoms with van der Waals surface area (Å²) in [5.41, 5.74) is 1.04. The summed E-state index contributed by atoms with van der Waals surface area (Å²) < 4.78 is 12.8. The average Bonchev–Trinajstić information content (AvgIpc) is 2.98. The molecule has 1 saturated heterocycles. The maximum Gasteiger partial charge on any atom is 0.317 e. The van der Waals surface area contributed by atoms with Crippen molar-refractivity contribution in [3.05, 3.63) is 35.6 Å². The molecule has 5 nitrogen and oxygen atoms in total. The van der Waals surface area contributed by atoms with Gasteiger partial charge in [-0.1, -0.05) is 12.1 Å². The lowest BCUT2D eigenvalue weighted by Gasteiger charge is -2.24. The number of benzene rings is 1. The molecule has 22 heavy (non-hydrogen) atoms. The first kappa shape index (κ1) is 16.7. The number of rotatable bonds is 6. The second-order valence-electron chi connectivity index (χ2n) is 5.77. The molecule has 1 aromatic rings. The Kier molecular flexibility index (Phi) is 6.15. The second kappa shape index (κ2) is 8.10. The summed E-state index contributed by atoms with van der Waals surface area (Å²) >= 11 is 0. The zero-order chi connectivity index (χ0) is 15.9. The van der Waals surface area contributed by atoms with E-state index in [2.05, 4.69) is 10.2 Å². The van der Waals surface area contributed by atoms with Crippen LogP contribution < -0.4 is 5.32 Å². The molecule has 0 saturated carbocycles. The summed E-state index contributed by atoms with van der Waals surface area (Å²) in [5.74, 6) is -0.234. The molecule has 0 aliphatic carbocycles. The number of carbonyl (C=O) groups excluding carboxylic acids is 1. The second-order valence-corrected chi connectivity index (χ2v) is 5.77. The van der Waals surface area contributed by atoms with E-state index >= 15 is 0 Å². The highest BCUT2D eigenvalue weighted by Crippen LogP contribution is 2.16. The predicted octanol–water partition coefficient (Wildman–Crippen LogP) is 1.42. The van der Waals surface area contributed by atoms with E-state index in [9.17, 15) is 14.3 Å². The molecule has 2 rings (SSSR count). The van der Waals surface area contributed by atoms with Gasteiger partial charge < -0.3 is 20.2 Å². The Morgan fingerprint density at radius 3 is 2.86 bits per heavy atom. The quantitative estimate of drug-likeness (QED) is 0.836. The summed E-state index contributed by atoms with van der Waals surface area (Å²) in [7, 11) is 1.96. The number of likely N-dealkylation sites (N-methyl/N-ethyl adjacent to an activating group) is 1. The predicted molar refractivity (Wildman–Crippen MR) is 82.9 cm³/mol. The van der Waals surface area contributed by atoms with Crippen LogP contribution in [0.3, 0.4) is 0 Å². The van der Waals surface area contributed by atoms with Crippen LogP contribution in [-0.2, 0) is 6.54 Å². The van der Waals surface area contributed by atoms with Gasteiger partial charge in [0.1, 0.15) is 5.82 Å². The number of halogens is 1. The van der Waals surface area contributed by atoms with Gasteiger partial charge in [0.15, 0.2) is 0 Å². The van der Waals surface area contributed by atoms with Gasteiger partial charge in [-0.05, 0) is 37.6 Å². The van der Waals surface area contributed by atoms with Crippen molar-refractivity contribution in [2.75, 3.05) is 33.3 Å². The number of amides is 2. The lowest BCUT2D eigenvalue weighted by Crippen LogP contribution is -2.45. The molecule has 1 aliphatic rings. The van der Waals surface area contributed by atoms with Crippen LogP contribution in [0, 0.1) is 5.82 Å². The first-order chi connectivity index (χ1) is 10.6. The Bertz CT molecular complexity index is 481. The van der Waals surface area contributed by atoms with Crippen molar-refractivity contribution < 1.29 is 14.3 Å². The summed E-state index contributed by atoms with van der Waals surface area (Å²) in [6, 6.07) is 6.28. The van der Waals surface area contributed by atoms with Crippen LogP contribution in [0.1, 0.15) is 18.4 Å². The molecule has 1 fully saturated rings. The number of carbonyl (C=O) groups is 1. The van der Waals surface area contributed by atoms with Gasteiger partial charge >= 0.3 is 6.03 Å². The Balaban J connectivity index is 1.69. The lowest BCUT2D eigenvalue weighted by atomic mass is 10.2. The van der Waals surface area contributed by atoms with E-state index in [1.165, 1.54) is 12.1 Å². The van der Waals surface area contributed by atoms with E-state index in [4.69, 9.17) is 0 Å². The first-order valence-corrected chi connectivity index (χ1v) is 7.68. The number of nitrogens with one attached hydrogen (secondary N) is 1. The maximum absolute atomic E-state index is 12.8. The van der Waals surface area contributed by atoms with E-state index in [-0.39, 0.29) is 24.5 Å². The standard InChI is InChI=1S/C16H24FN3O2/c1-19(11-13-4-6-14(17)7-5-13)10-8-18-16(22)20-9-2-3-15(20)12-21/h4-7,15,21H,2-3,8-12H2,1H3,(H,18,22)/t15-/m1/s1. The van der Waals surface area contributed by atoms with Crippen molar-refractivity contribution in [3.8, 4) is 0 Å². The van der Waals surface area contributed by atoms with Gasteiger partial charge in [0.25, 0.3) is 0 Å². The van der Waals surface area contributed by atoms with E-state index < -0.39 is 0 Å². The van der Waals surface area contributed by atoms with E-state index in [1.807, 2.05) is 7.05 Å². The number of hydrogen-bond acceptors (Lipinski definition) is 3. The van der Waals surface area contributed by atoms with Gasteiger partial charge in [0.2, 0.25) is 0 Å². The number of hydrogen-bond donors (Lipinski definition) is 2. The van der Waals surface area contributed by atoms with Crippen LogP contribution in [0.15, 0.2) is 24.3 Å². The Morgan fingerprint density at radius 1 is 1.45 bits per heavy atom. The van der Waals surface area contributed by atoms with Crippen LogP contribution in [0.2, 0.25) is 0 Å². The van der Waals surface area contributed by atoms with Crippen molar-refractivity contribution in [1.29, 1.82) is 0 Å². The minimum absolute atomic E-state index is 0.0257. The minimum atomic E-state index is -0.234. The third-order valence-electron chi connectivity index (χ3n) is 3.98. The molecule has 1 aliphatic heterocycles. The third-order valence-corrected chi connectivity index (χ3v) is 3.98. The molecule has 0 unspecified atom stereocenters. The zero-order valence-electron chi connectivity index (χ0n) is 13.0. The monoisotopic (exact) mass is 309 g/mol. The molecular formula is C16H24FN3O2. The SMILES string of the molecule is CN(CCNC(=O)N1CCC[C@@H]1CO)Cc1ccc(F)cc1. The number of aliphatic hydroxyl groups excluding tert-OH is 1. The topological polar surface area (TPSA) is 55.8 Å². The first-order valence-electron chi connectivity index (χ1n) is 7.68. The maximum atomic E-state index is 12.8. The molecule has 1 heterocycles. The molecule has 1 atom stereocenters. The Labute approximate surface area is 130 Å². The lowest BCUT2D eigenvalue weighted by molar-refractivity contribution is 0.156. The third kappa shape index (κ3) is 4.68. The molecular weight excluding hydrogens is 285 g/mol. The fourth-order valence-electron chi connectivity index (χ4n) is 2.73. The summed E-state index contributed by atoms with van der Waals surface area (Å²) in [6.07, 6.45) is 1.82. The Morgan fingerprint density at radius 2 is 2.18 bits per heavy atom. The van der Waals surface area contributed by atoms with Gasteiger partial charge in [-0.15, -0.1) is 0 Å². The van der Waals surface area contributed by atoms with Gasteiger partial charge in [-0.3, -0.25) is 0 Å². The van der Waals surface area contributed by atoms with E-state index in [0.29, 0.717) is 26.2 Å². The van der Waals surface area contributed by atoms with Crippen LogP contribution in [0.5, 0.6) is 0 Å². The highest BCUT2D eigenvalue weighted by atomic mass is 19.1. The summed E-state index contributed by atoms with van der Waals surface area (Å²) in [5, 5.41) is 12.1. The highest BCUT2D eigenvalue weighted by Gasteiger charge is 2.27. The fourth-order valence-corrected chi connectivity index (χ4v) is 2.73. The molecule has 6 heteroatoms. The van der Waals surface area contributed by atoms with Gasteiger partial charge in [-0.25, -0.2) is 9.18 Å². The summed E-state index contributed by atoms with van der Waals surface area (Å²) in [4.78, 5) is 15.8. The van der Waals surface area contributed by atoms with Gasteiger partial charge in [0.05, 0.1) is 12.6 Å². The van der Waals surface area contributed by atoms with Crippen LogP contribution in [0.4, 0.5) is 9.18 Å². The van der Waals surface area contributed by atoms with Crippen LogP contribution in [0.25, 0.3) is 0 Å². The summed E-state index contributed by atoms with van der Waals surface area (Å²) in [6.45, 7) is 2.70. The average molecular weight is 309 g/mol. The van der Waals surface area contributed by atoms with Crippen LogP contribution >= 0.6 is 0 Å². The van der Waals surface area contributed by atoms with Crippen molar-refractivity contribution in [1.82, 2.24) is 15.1 Å². The molecule has 0 radical (unpaired) electrons. The van der Waals surface area contributed by atoms with Crippen molar-refractivity contribution >= 4 is 6.03 Å². The number of nitrogens with zero attached hydrogens (tertiary/aromatic N) is 2. The van der Waals surface area contributed by atoms with Gasteiger partial charge in [0, 0.05) is 26.2 Å². The molecule has 0 spiro atoms. The molecule has 122 valence electrons. The van der Waals surface area contributed by atoms with E-state index in [0.717, 1.165) is 18.4 Å². The fraction of sp³-hybridized carbons (Fsp3) is 0.562.